The van der Waals surface area contributed by atoms with E-state index in [0.717, 1.165) is 18.0 Å². The lowest BCUT2D eigenvalue weighted by atomic mass is 9.92. The van der Waals surface area contributed by atoms with Crippen LogP contribution in [-0.2, 0) is 0 Å². The monoisotopic (exact) mass is 256 g/mol. The Hall–Kier alpha value is 0.270. The van der Waals surface area contributed by atoms with Crippen molar-refractivity contribution in [1.82, 2.24) is 10.6 Å². The summed E-state index contributed by atoms with van der Waals surface area (Å²) in [6, 6.07) is 2.28. The van der Waals surface area contributed by atoms with Crippen LogP contribution in [0.5, 0.6) is 0 Å². The molecule has 0 amide bonds. The summed E-state index contributed by atoms with van der Waals surface area (Å²) in [4.78, 5) is 0. The Kier molecular flexibility index (Phi) is 5.64. The fourth-order valence-electron chi connectivity index (χ4n) is 3.50. The average Bonchev–Trinajstić information content (AvgIpc) is 2.95. The Bertz CT molecular complexity index is 216. The molecule has 2 N–H and O–H groups in total. The van der Waals surface area contributed by atoms with E-state index >= 15 is 0 Å². The fourth-order valence-corrected chi connectivity index (χ4v) is 4.09. The summed E-state index contributed by atoms with van der Waals surface area (Å²) in [5, 5.41) is 7.59. The predicted molar refractivity (Wildman–Crippen MR) is 77.8 cm³/mol. The molecule has 0 aromatic heterocycles. The van der Waals surface area contributed by atoms with Crippen LogP contribution in [0.2, 0.25) is 0 Å². The topological polar surface area (TPSA) is 24.1 Å². The highest BCUT2D eigenvalue weighted by molar-refractivity contribution is 7.98. The first kappa shape index (κ1) is 13.7. The molecule has 17 heavy (non-hydrogen) atoms. The molecule has 0 spiro atoms. The van der Waals surface area contributed by atoms with Crippen LogP contribution in [0, 0.1) is 5.92 Å². The lowest BCUT2D eigenvalue weighted by molar-refractivity contribution is 0.300. The zero-order valence-corrected chi connectivity index (χ0v) is 12.2. The van der Waals surface area contributed by atoms with E-state index in [-0.39, 0.29) is 0 Å². The maximum Gasteiger partial charge on any atom is 0.0113 e. The van der Waals surface area contributed by atoms with E-state index < -0.39 is 0 Å². The van der Waals surface area contributed by atoms with Crippen LogP contribution in [0.1, 0.15) is 45.4 Å². The van der Waals surface area contributed by atoms with Gasteiger partial charge in [-0.2, -0.15) is 11.8 Å². The van der Waals surface area contributed by atoms with Crippen LogP contribution in [0.25, 0.3) is 0 Å². The Balaban J connectivity index is 1.78. The molecule has 2 aliphatic rings. The third-order valence-corrected chi connectivity index (χ3v) is 5.08. The van der Waals surface area contributed by atoms with Crippen molar-refractivity contribution in [2.75, 3.05) is 18.6 Å². The van der Waals surface area contributed by atoms with Crippen LogP contribution >= 0.6 is 11.8 Å². The predicted octanol–water partition coefficient (Wildman–Crippen LogP) is 2.64. The largest absolute Gasteiger partial charge is 0.314 e. The zero-order valence-electron chi connectivity index (χ0n) is 11.4. The SMILES string of the molecule is CSCCC(C)NC1CCCC1C1CCCN1. The van der Waals surface area contributed by atoms with E-state index in [1.165, 1.54) is 50.8 Å². The van der Waals surface area contributed by atoms with Crippen LogP contribution in [0.15, 0.2) is 0 Å². The molecule has 0 aromatic rings. The van der Waals surface area contributed by atoms with Gasteiger partial charge >= 0.3 is 0 Å². The minimum Gasteiger partial charge on any atom is -0.314 e. The second-order valence-corrected chi connectivity index (χ2v) is 6.74. The number of hydrogen-bond donors (Lipinski definition) is 2. The normalized spacial score (nSPS) is 35.3. The quantitative estimate of drug-likeness (QED) is 0.764. The van der Waals surface area contributed by atoms with E-state index in [9.17, 15) is 0 Å². The molecule has 1 heterocycles. The van der Waals surface area contributed by atoms with Gasteiger partial charge in [0.15, 0.2) is 0 Å². The Labute approximate surface area is 111 Å². The van der Waals surface area contributed by atoms with E-state index in [2.05, 4.69) is 23.8 Å². The molecule has 0 radical (unpaired) electrons. The molecule has 2 rings (SSSR count). The van der Waals surface area contributed by atoms with Gasteiger partial charge in [0.25, 0.3) is 0 Å². The van der Waals surface area contributed by atoms with Crippen LogP contribution in [-0.4, -0.2) is 36.7 Å². The Morgan fingerprint density at radius 1 is 1.29 bits per heavy atom. The van der Waals surface area contributed by atoms with Gasteiger partial charge < -0.3 is 10.6 Å². The molecule has 0 aromatic carbocycles. The lowest BCUT2D eigenvalue weighted by Gasteiger charge is -2.29. The summed E-state index contributed by atoms with van der Waals surface area (Å²) in [6.07, 6.45) is 10.6. The molecule has 1 saturated heterocycles. The first-order valence-electron chi connectivity index (χ1n) is 7.29. The van der Waals surface area contributed by atoms with Crippen LogP contribution < -0.4 is 10.6 Å². The first-order valence-corrected chi connectivity index (χ1v) is 8.69. The second-order valence-electron chi connectivity index (χ2n) is 5.75. The van der Waals surface area contributed by atoms with Gasteiger partial charge in [0.2, 0.25) is 0 Å². The van der Waals surface area contributed by atoms with E-state index in [1.54, 1.807) is 0 Å². The van der Waals surface area contributed by atoms with Gasteiger partial charge in [0, 0.05) is 18.1 Å². The second kappa shape index (κ2) is 7.01. The van der Waals surface area contributed by atoms with Gasteiger partial charge in [-0.1, -0.05) is 6.42 Å². The Morgan fingerprint density at radius 2 is 2.18 bits per heavy atom. The van der Waals surface area contributed by atoms with Gasteiger partial charge in [-0.25, -0.2) is 0 Å². The number of nitrogens with one attached hydrogen (secondary N) is 2. The smallest absolute Gasteiger partial charge is 0.0113 e. The molecule has 1 saturated carbocycles. The molecule has 100 valence electrons. The molecule has 2 nitrogen and oxygen atoms in total. The van der Waals surface area contributed by atoms with Gasteiger partial charge in [0.1, 0.15) is 0 Å². The zero-order chi connectivity index (χ0) is 12.1. The molecule has 4 unspecified atom stereocenters. The van der Waals surface area contributed by atoms with Crippen molar-refractivity contribution in [1.29, 1.82) is 0 Å². The van der Waals surface area contributed by atoms with E-state index in [0.29, 0.717) is 6.04 Å². The summed E-state index contributed by atoms with van der Waals surface area (Å²) in [5.41, 5.74) is 0. The number of hydrogen-bond acceptors (Lipinski definition) is 3. The highest BCUT2D eigenvalue weighted by atomic mass is 32.2. The van der Waals surface area contributed by atoms with Gasteiger partial charge in [-0.3, -0.25) is 0 Å². The third kappa shape index (κ3) is 3.87. The molecule has 2 fully saturated rings. The third-order valence-electron chi connectivity index (χ3n) is 4.44. The maximum atomic E-state index is 3.89. The summed E-state index contributed by atoms with van der Waals surface area (Å²) in [6.45, 7) is 3.60. The van der Waals surface area contributed by atoms with E-state index in [1.807, 2.05) is 11.8 Å². The molecule has 4 atom stereocenters. The maximum absolute atomic E-state index is 3.89. The average molecular weight is 256 g/mol. The highest BCUT2D eigenvalue weighted by Gasteiger charge is 2.35. The highest BCUT2D eigenvalue weighted by Crippen LogP contribution is 2.32. The van der Waals surface area contributed by atoms with Crippen molar-refractivity contribution >= 4 is 11.8 Å². The summed E-state index contributed by atoms with van der Waals surface area (Å²) >= 11 is 1.96. The minimum absolute atomic E-state index is 0.689. The molecular formula is C14H28N2S. The lowest BCUT2D eigenvalue weighted by Crippen LogP contribution is -2.45. The molecule has 1 aliphatic carbocycles. The van der Waals surface area contributed by atoms with Gasteiger partial charge in [-0.15, -0.1) is 0 Å². The van der Waals surface area contributed by atoms with Crippen molar-refractivity contribution < 1.29 is 0 Å². The van der Waals surface area contributed by atoms with Crippen molar-refractivity contribution in [3.05, 3.63) is 0 Å². The Morgan fingerprint density at radius 3 is 2.88 bits per heavy atom. The number of thioether (sulfide) groups is 1. The van der Waals surface area contributed by atoms with Gasteiger partial charge in [0.05, 0.1) is 0 Å². The van der Waals surface area contributed by atoms with Crippen LogP contribution in [0.4, 0.5) is 0 Å². The molecule has 0 bridgehead atoms. The number of rotatable bonds is 6. The summed E-state index contributed by atoms with van der Waals surface area (Å²) < 4.78 is 0. The minimum atomic E-state index is 0.689. The van der Waals surface area contributed by atoms with Crippen molar-refractivity contribution in [2.24, 2.45) is 5.92 Å². The van der Waals surface area contributed by atoms with Crippen molar-refractivity contribution in [3.8, 4) is 0 Å². The summed E-state index contributed by atoms with van der Waals surface area (Å²) in [7, 11) is 0. The molecule has 1 aliphatic heterocycles. The fraction of sp³-hybridized carbons (Fsp3) is 1.00. The van der Waals surface area contributed by atoms with Gasteiger partial charge in [-0.05, 0) is 63.5 Å². The molecule has 3 heteroatoms. The molecular weight excluding hydrogens is 228 g/mol. The van der Waals surface area contributed by atoms with Crippen molar-refractivity contribution in [3.63, 3.8) is 0 Å². The van der Waals surface area contributed by atoms with Crippen molar-refractivity contribution in [2.45, 2.75) is 63.6 Å². The van der Waals surface area contributed by atoms with Crippen LogP contribution in [0.3, 0.4) is 0 Å². The standard InChI is InChI=1S/C14H28N2S/c1-11(8-10-17-2)16-14-6-3-5-12(14)13-7-4-9-15-13/h11-16H,3-10H2,1-2H3. The van der Waals surface area contributed by atoms with E-state index in [4.69, 9.17) is 0 Å². The first-order chi connectivity index (χ1) is 8.31. The summed E-state index contributed by atoms with van der Waals surface area (Å²) in [5.74, 6) is 2.18.